The fourth-order valence-electron chi connectivity index (χ4n) is 3.08. The van der Waals surface area contributed by atoms with Crippen LogP contribution in [0.2, 0.25) is 0 Å². The molecule has 0 spiro atoms. The van der Waals surface area contributed by atoms with E-state index in [2.05, 4.69) is 22.4 Å². The summed E-state index contributed by atoms with van der Waals surface area (Å²) in [7, 11) is 1.94. The first-order valence-corrected chi connectivity index (χ1v) is 7.74. The van der Waals surface area contributed by atoms with Crippen molar-refractivity contribution in [1.82, 2.24) is 15.2 Å². The first-order valence-electron chi connectivity index (χ1n) is 7.74. The Hall–Kier alpha value is -2.20. The zero-order valence-electron chi connectivity index (χ0n) is 12.8. The average molecular weight is 295 g/mol. The molecule has 0 aliphatic carbocycles. The predicted molar refractivity (Wildman–Crippen MR) is 86.7 cm³/mol. The first kappa shape index (κ1) is 14.7. The number of aromatic nitrogens is 1. The number of carbonyl (C=O) groups excluding carboxylic acids is 1. The van der Waals surface area contributed by atoms with Crippen LogP contribution in [0.5, 0.6) is 0 Å². The Labute approximate surface area is 131 Å². The molecule has 22 heavy (non-hydrogen) atoms. The van der Waals surface area contributed by atoms with E-state index < -0.39 is 0 Å². The van der Waals surface area contributed by atoms with Crippen molar-refractivity contribution >= 4 is 5.91 Å². The third-order valence-corrected chi connectivity index (χ3v) is 4.19. The summed E-state index contributed by atoms with van der Waals surface area (Å²) in [6, 6.07) is 12.0. The second-order valence-corrected chi connectivity index (χ2v) is 5.62. The summed E-state index contributed by atoms with van der Waals surface area (Å²) >= 11 is 0. The van der Waals surface area contributed by atoms with Crippen LogP contribution in [0.15, 0.2) is 48.8 Å². The van der Waals surface area contributed by atoms with Crippen LogP contribution in [0.3, 0.4) is 0 Å². The SMILES string of the molecule is CNCCCN1C(=O)c2ccccc2CC1c1cccnc1. The normalized spacial score (nSPS) is 17.4. The number of pyridine rings is 1. The lowest BCUT2D eigenvalue weighted by atomic mass is 9.90. The highest BCUT2D eigenvalue weighted by Crippen LogP contribution is 2.32. The highest BCUT2D eigenvalue weighted by atomic mass is 16.2. The van der Waals surface area contributed by atoms with E-state index in [9.17, 15) is 4.79 Å². The number of fused-ring (bicyclic) bond motifs is 1. The molecule has 0 radical (unpaired) electrons. The molecule has 1 atom stereocenters. The highest BCUT2D eigenvalue weighted by molar-refractivity contribution is 5.97. The van der Waals surface area contributed by atoms with Gasteiger partial charge in [0.05, 0.1) is 6.04 Å². The average Bonchev–Trinajstić information content (AvgIpc) is 2.57. The van der Waals surface area contributed by atoms with Gasteiger partial charge in [0, 0.05) is 24.5 Å². The molecule has 0 saturated heterocycles. The molecular formula is C18H21N3O. The summed E-state index contributed by atoms with van der Waals surface area (Å²) in [5.74, 6) is 0.131. The van der Waals surface area contributed by atoms with Gasteiger partial charge < -0.3 is 10.2 Å². The minimum absolute atomic E-state index is 0.0768. The number of rotatable bonds is 5. The van der Waals surface area contributed by atoms with E-state index in [-0.39, 0.29) is 11.9 Å². The molecule has 3 rings (SSSR count). The van der Waals surface area contributed by atoms with Crippen molar-refractivity contribution in [2.24, 2.45) is 0 Å². The Morgan fingerprint density at radius 3 is 2.91 bits per heavy atom. The molecule has 1 aliphatic heterocycles. The molecule has 4 heteroatoms. The van der Waals surface area contributed by atoms with Crippen LogP contribution in [-0.4, -0.2) is 35.9 Å². The van der Waals surface area contributed by atoms with Gasteiger partial charge >= 0.3 is 0 Å². The smallest absolute Gasteiger partial charge is 0.254 e. The first-order chi connectivity index (χ1) is 10.8. The monoisotopic (exact) mass is 295 g/mol. The predicted octanol–water partition coefficient (Wildman–Crippen LogP) is 2.43. The molecule has 1 unspecified atom stereocenters. The quantitative estimate of drug-likeness (QED) is 0.862. The van der Waals surface area contributed by atoms with Crippen LogP contribution in [-0.2, 0) is 6.42 Å². The number of hydrogen-bond donors (Lipinski definition) is 1. The Kier molecular flexibility index (Phi) is 4.49. The number of hydrogen-bond acceptors (Lipinski definition) is 3. The van der Waals surface area contributed by atoms with Crippen molar-refractivity contribution in [2.45, 2.75) is 18.9 Å². The second-order valence-electron chi connectivity index (χ2n) is 5.62. The van der Waals surface area contributed by atoms with Gasteiger partial charge in [0.25, 0.3) is 5.91 Å². The molecule has 0 bridgehead atoms. The number of carbonyl (C=O) groups is 1. The minimum Gasteiger partial charge on any atom is -0.331 e. The maximum Gasteiger partial charge on any atom is 0.254 e. The number of benzene rings is 1. The van der Waals surface area contributed by atoms with Gasteiger partial charge in [-0.05, 0) is 49.7 Å². The lowest BCUT2D eigenvalue weighted by Crippen LogP contribution is -2.41. The van der Waals surface area contributed by atoms with Crippen LogP contribution < -0.4 is 5.32 Å². The third-order valence-electron chi connectivity index (χ3n) is 4.19. The molecule has 0 saturated carbocycles. The van der Waals surface area contributed by atoms with Gasteiger partial charge in [-0.15, -0.1) is 0 Å². The van der Waals surface area contributed by atoms with Gasteiger partial charge in [-0.1, -0.05) is 24.3 Å². The Morgan fingerprint density at radius 2 is 2.14 bits per heavy atom. The van der Waals surface area contributed by atoms with Crippen LogP contribution in [0, 0.1) is 0 Å². The molecule has 0 fully saturated rings. The third kappa shape index (κ3) is 2.88. The Morgan fingerprint density at radius 1 is 1.27 bits per heavy atom. The molecule has 1 aromatic heterocycles. The van der Waals surface area contributed by atoms with E-state index in [1.54, 1.807) is 6.20 Å². The molecule has 2 heterocycles. The maximum atomic E-state index is 12.9. The van der Waals surface area contributed by atoms with E-state index in [0.717, 1.165) is 42.6 Å². The van der Waals surface area contributed by atoms with E-state index >= 15 is 0 Å². The van der Waals surface area contributed by atoms with E-state index in [1.165, 1.54) is 0 Å². The van der Waals surface area contributed by atoms with Crippen LogP contribution >= 0.6 is 0 Å². The largest absolute Gasteiger partial charge is 0.331 e. The van der Waals surface area contributed by atoms with Gasteiger partial charge in [-0.3, -0.25) is 9.78 Å². The van der Waals surface area contributed by atoms with Crippen molar-refractivity contribution in [2.75, 3.05) is 20.1 Å². The van der Waals surface area contributed by atoms with Crippen LogP contribution in [0.1, 0.15) is 33.9 Å². The maximum absolute atomic E-state index is 12.9. The zero-order valence-corrected chi connectivity index (χ0v) is 12.8. The summed E-state index contributed by atoms with van der Waals surface area (Å²) in [5.41, 5.74) is 3.08. The summed E-state index contributed by atoms with van der Waals surface area (Å²) in [4.78, 5) is 19.1. The fraction of sp³-hybridized carbons (Fsp3) is 0.333. The van der Waals surface area contributed by atoms with Crippen LogP contribution in [0.4, 0.5) is 0 Å². The minimum atomic E-state index is 0.0768. The molecule has 1 aliphatic rings. The zero-order chi connectivity index (χ0) is 15.4. The summed E-state index contributed by atoms with van der Waals surface area (Å²) in [6.45, 7) is 1.67. The summed E-state index contributed by atoms with van der Waals surface area (Å²) in [6.07, 6.45) is 5.44. The van der Waals surface area contributed by atoms with Gasteiger partial charge in [0.15, 0.2) is 0 Å². The molecule has 114 valence electrons. The summed E-state index contributed by atoms with van der Waals surface area (Å²) < 4.78 is 0. The van der Waals surface area contributed by atoms with E-state index in [0.29, 0.717) is 0 Å². The molecule has 1 amide bonds. The topological polar surface area (TPSA) is 45.2 Å². The lowest BCUT2D eigenvalue weighted by Gasteiger charge is -2.37. The molecule has 4 nitrogen and oxygen atoms in total. The molecule has 1 N–H and O–H groups in total. The van der Waals surface area contributed by atoms with E-state index in [1.807, 2.05) is 42.4 Å². The standard InChI is InChI=1S/C18H21N3O/c1-19-9-5-11-21-17(15-7-4-10-20-13-15)12-14-6-2-3-8-16(14)18(21)22/h2-4,6-8,10,13,17,19H,5,9,11-12H2,1H3. The van der Waals surface area contributed by atoms with Gasteiger partial charge in [-0.25, -0.2) is 0 Å². The van der Waals surface area contributed by atoms with Crippen molar-refractivity contribution in [1.29, 1.82) is 0 Å². The fourth-order valence-corrected chi connectivity index (χ4v) is 3.08. The molecule has 2 aromatic rings. The van der Waals surface area contributed by atoms with Gasteiger partial charge in [0.1, 0.15) is 0 Å². The van der Waals surface area contributed by atoms with Gasteiger partial charge in [0.2, 0.25) is 0 Å². The Bertz CT molecular complexity index is 642. The van der Waals surface area contributed by atoms with E-state index in [4.69, 9.17) is 0 Å². The van der Waals surface area contributed by atoms with Crippen molar-refractivity contribution in [3.63, 3.8) is 0 Å². The van der Waals surface area contributed by atoms with Crippen LogP contribution in [0.25, 0.3) is 0 Å². The highest BCUT2D eigenvalue weighted by Gasteiger charge is 2.32. The number of nitrogens with zero attached hydrogens (tertiary/aromatic N) is 2. The summed E-state index contributed by atoms with van der Waals surface area (Å²) in [5, 5.41) is 3.15. The number of nitrogens with one attached hydrogen (secondary N) is 1. The van der Waals surface area contributed by atoms with Crippen molar-refractivity contribution in [3.8, 4) is 0 Å². The Balaban J connectivity index is 1.93. The van der Waals surface area contributed by atoms with Crippen molar-refractivity contribution < 1.29 is 4.79 Å². The second kappa shape index (κ2) is 6.71. The molecule has 1 aromatic carbocycles. The van der Waals surface area contributed by atoms with Crippen molar-refractivity contribution in [3.05, 3.63) is 65.5 Å². The lowest BCUT2D eigenvalue weighted by molar-refractivity contribution is 0.0645. The number of amides is 1. The van der Waals surface area contributed by atoms with Gasteiger partial charge in [-0.2, -0.15) is 0 Å². The molecular weight excluding hydrogens is 274 g/mol.